The van der Waals surface area contributed by atoms with Crippen molar-refractivity contribution < 1.29 is 23.6 Å². The number of carbonyl (C=O) groups excluding carboxylic acids is 2. The Bertz CT molecular complexity index is 793. The van der Waals surface area contributed by atoms with Crippen LogP contribution < -0.4 is 0 Å². The van der Waals surface area contributed by atoms with Gasteiger partial charge < -0.3 is 4.74 Å². The highest BCUT2D eigenvalue weighted by Gasteiger charge is 2.23. The summed E-state index contributed by atoms with van der Waals surface area (Å²) in [5.74, 6) is -2.60. The van der Waals surface area contributed by atoms with E-state index in [0.717, 1.165) is 18.2 Å². The molecule has 0 aliphatic rings. The summed E-state index contributed by atoms with van der Waals surface area (Å²) in [7, 11) is 0. The molecule has 6 nitrogen and oxygen atoms in total. The highest BCUT2D eigenvalue weighted by Crippen LogP contribution is 2.23. The minimum atomic E-state index is -1.09. The lowest BCUT2D eigenvalue weighted by Crippen LogP contribution is -2.16. The van der Waals surface area contributed by atoms with Gasteiger partial charge in [0.1, 0.15) is 11.4 Å². The standard InChI is InChI=1S/C15H9ClFNO5/c16-9-5-6-13(18(21)22)11(7-9)15(20)23-8-14(19)10-3-1-2-4-12(10)17/h1-7H,8H2. The largest absolute Gasteiger partial charge is 0.454 e. The average Bonchev–Trinajstić information content (AvgIpc) is 2.52. The van der Waals surface area contributed by atoms with Crippen LogP contribution in [-0.2, 0) is 4.74 Å². The van der Waals surface area contributed by atoms with Gasteiger partial charge in [0.2, 0.25) is 5.78 Å². The fourth-order valence-electron chi connectivity index (χ4n) is 1.80. The van der Waals surface area contributed by atoms with E-state index in [1.165, 1.54) is 24.3 Å². The van der Waals surface area contributed by atoms with E-state index in [4.69, 9.17) is 16.3 Å². The van der Waals surface area contributed by atoms with Gasteiger partial charge in [-0.25, -0.2) is 9.18 Å². The van der Waals surface area contributed by atoms with Gasteiger partial charge in [-0.15, -0.1) is 0 Å². The first-order valence-corrected chi connectivity index (χ1v) is 6.66. The van der Waals surface area contributed by atoms with Gasteiger partial charge in [0.25, 0.3) is 5.69 Å². The summed E-state index contributed by atoms with van der Waals surface area (Å²) in [6.07, 6.45) is 0. The summed E-state index contributed by atoms with van der Waals surface area (Å²) in [4.78, 5) is 33.8. The van der Waals surface area contributed by atoms with E-state index < -0.39 is 34.8 Å². The predicted molar refractivity (Wildman–Crippen MR) is 79.1 cm³/mol. The summed E-state index contributed by atoms with van der Waals surface area (Å²) in [5, 5.41) is 11.0. The molecule has 0 amide bonds. The zero-order valence-corrected chi connectivity index (χ0v) is 12.2. The van der Waals surface area contributed by atoms with Gasteiger partial charge in [-0.1, -0.05) is 23.7 Å². The Morgan fingerprint density at radius 2 is 1.87 bits per heavy atom. The fraction of sp³-hybridized carbons (Fsp3) is 0.0667. The Balaban J connectivity index is 2.14. The molecule has 0 aliphatic heterocycles. The van der Waals surface area contributed by atoms with Gasteiger partial charge in [-0.05, 0) is 24.3 Å². The number of nitrogens with zero attached hydrogens (tertiary/aromatic N) is 1. The average molecular weight is 338 g/mol. The van der Waals surface area contributed by atoms with Crippen molar-refractivity contribution in [2.75, 3.05) is 6.61 Å². The number of hydrogen-bond acceptors (Lipinski definition) is 5. The minimum absolute atomic E-state index is 0.1000. The number of hydrogen-bond donors (Lipinski definition) is 0. The number of Topliss-reactive ketones (excluding diaryl/α,β-unsaturated/α-hetero) is 1. The van der Waals surface area contributed by atoms with Gasteiger partial charge in [0, 0.05) is 11.1 Å². The zero-order chi connectivity index (χ0) is 17.0. The number of ether oxygens (including phenoxy) is 1. The predicted octanol–water partition coefficient (Wildman–Crippen LogP) is 3.43. The van der Waals surface area contributed by atoms with Gasteiger partial charge in [0.05, 0.1) is 10.5 Å². The molecule has 0 aliphatic carbocycles. The van der Waals surface area contributed by atoms with Crippen LogP contribution >= 0.6 is 11.6 Å². The molecule has 2 rings (SSSR count). The Hall–Kier alpha value is -2.80. The number of carbonyl (C=O) groups is 2. The maximum absolute atomic E-state index is 13.4. The SMILES string of the molecule is O=C(COC(=O)c1cc(Cl)ccc1[N+](=O)[O-])c1ccccc1F. The van der Waals surface area contributed by atoms with Crippen molar-refractivity contribution in [1.29, 1.82) is 0 Å². The zero-order valence-electron chi connectivity index (χ0n) is 11.5. The van der Waals surface area contributed by atoms with E-state index in [1.807, 2.05) is 0 Å². The van der Waals surface area contributed by atoms with Crippen molar-refractivity contribution in [3.63, 3.8) is 0 Å². The molecule has 8 heteroatoms. The van der Waals surface area contributed by atoms with Crippen LogP contribution in [0.1, 0.15) is 20.7 Å². The molecule has 2 aromatic carbocycles. The van der Waals surface area contributed by atoms with Gasteiger partial charge >= 0.3 is 5.97 Å². The number of ketones is 1. The fourth-order valence-corrected chi connectivity index (χ4v) is 1.98. The Morgan fingerprint density at radius 3 is 2.52 bits per heavy atom. The van der Waals surface area contributed by atoms with Crippen LogP contribution in [0.2, 0.25) is 5.02 Å². The normalized spacial score (nSPS) is 10.2. The van der Waals surface area contributed by atoms with Crippen LogP contribution in [0, 0.1) is 15.9 Å². The van der Waals surface area contributed by atoms with Crippen LogP contribution in [-0.4, -0.2) is 23.3 Å². The molecule has 0 spiro atoms. The number of nitro groups is 1. The molecule has 0 aromatic heterocycles. The van der Waals surface area contributed by atoms with E-state index in [2.05, 4.69) is 0 Å². The second kappa shape index (κ2) is 6.97. The Kier molecular flexibility index (Phi) is 5.02. The minimum Gasteiger partial charge on any atom is -0.454 e. The molecule has 0 unspecified atom stereocenters. The molecular weight excluding hydrogens is 329 g/mol. The van der Waals surface area contributed by atoms with Crippen LogP contribution in [0.25, 0.3) is 0 Å². The third-order valence-corrected chi connectivity index (χ3v) is 3.12. The third-order valence-electron chi connectivity index (χ3n) is 2.88. The van der Waals surface area contributed by atoms with Gasteiger partial charge in [-0.3, -0.25) is 14.9 Å². The lowest BCUT2D eigenvalue weighted by Gasteiger charge is -2.06. The monoisotopic (exact) mass is 337 g/mol. The second-order valence-electron chi connectivity index (χ2n) is 4.40. The van der Waals surface area contributed by atoms with Crippen LogP contribution in [0.5, 0.6) is 0 Å². The van der Waals surface area contributed by atoms with Crippen molar-refractivity contribution >= 4 is 29.0 Å². The first kappa shape index (κ1) is 16.6. The second-order valence-corrected chi connectivity index (χ2v) is 4.83. The number of esters is 1. The molecule has 0 saturated heterocycles. The van der Waals surface area contributed by atoms with Crippen LogP contribution in [0.3, 0.4) is 0 Å². The molecule has 23 heavy (non-hydrogen) atoms. The molecule has 2 aromatic rings. The molecule has 0 N–H and O–H groups in total. The van der Waals surface area contributed by atoms with E-state index in [1.54, 1.807) is 0 Å². The molecule has 118 valence electrons. The summed E-state index contributed by atoms with van der Waals surface area (Å²) < 4.78 is 18.2. The van der Waals surface area contributed by atoms with E-state index in [-0.39, 0.29) is 16.1 Å². The third kappa shape index (κ3) is 3.89. The van der Waals surface area contributed by atoms with Crippen molar-refractivity contribution in [2.24, 2.45) is 0 Å². The van der Waals surface area contributed by atoms with Crippen molar-refractivity contribution in [3.05, 3.63) is 74.5 Å². The molecule has 0 fully saturated rings. The molecule has 0 bridgehead atoms. The maximum Gasteiger partial charge on any atom is 0.345 e. The summed E-state index contributed by atoms with van der Waals surface area (Å²) in [5.41, 5.74) is -1.12. The number of rotatable bonds is 5. The van der Waals surface area contributed by atoms with E-state index in [0.29, 0.717) is 0 Å². The van der Waals surface area contributed by atoms with Gasteiger partial charge in [0.15, 0.2) is 6.61 Å². The smallest absolute Gasteiger partial charge is 0.345 e. The molecular formula is C15H9ClFNO5. The first-order valence-electron chi connectivity index (χ1n) is 6.29. The maximum atomic E-state index is 13.4. The number of benzene rings is 2. The van der Waals surface area contributed by atoms with E-state index in [9.17, 15) is 24.1 Å². The number of nitro benzene ring substituents is 1. The summed E-state index contributed by atoms with van der Waals surface area (Å²) in [6.45, 7) is -0.747. The first-order chi connectivity index (χ1) is 10.9. The van der Waals surface area contributed by atoms with Crippen molar-refractivity contribution in [3.8, 4) is 0 Å². The molecule has 0 radical (unpaired) electrons. The summed E-state index contributed by atoms with van der Waals surface area (Å²) >= 11 is 5.70. The van der Waals surface area contributed by atoms with Crippen LogP contribution in [0.15, 0.2) is 42.5 Å². The molecule has 0 heterocycles. The van der Waals surface area contributed by atoms with Crippen LogP contribution in [0.4, 0.5) is 10.1 Å². The van der Waals surface area contributed by atoms with Crippen molar-refractivity contribution in [2.45, 2.75) is 0 Å². The molecule has 0 atom stereocenters. The topological polar surface area (TPSA) is 86.5 Å². The summed E-state index contributed by atoms with van der Waals surface area (Å²) in [6, 6.07) is 8.58. The Morgan fingerprint density at radius 1 is 1.17 bits per heavy atom. The number of halogens is 2. The highest BCUT2D eigenvalue weighted by molar-refractivity contribution is 6.31. The van der Waals surface area contributed by atoms with Gasteiger partial charge in [-0.2, -0.15) is 0 Å². The quantitative estimate of drug-likeness (QED) is 0.361. The lowest BCUT2D eigenvalue weighted by atomic mass is 10.1. The molecule has 0 saturated carbocycles. The highest BCUT2D eigenvalue weighted by atomic mass is 35.5. The Labute approximate surface area is 134 Å². The lowest BCUT2D eigenvalue weighted by molar-refractivity contribution is -0.385. The van der Waals surface area contributed by atoms with E-state index >= 15 is 0 Å². The van der Waals surface area contributed by atoms with Crippen molar-refractivity contribution in [1.82, 2.24) is 0 Å².